The van der Waals surface area contributed by atoms with Crippen molar-refractivity contribution in [2.75, 3.05) is 0 Å². The number of furan rings is 1. The average Bonchev–Trinajstić information content (AvgIpc) is 3.96. The van der Waals surface area contributed by atoms with Crippen molar-refractivity contribution in [1.82, 2.24) is 9.55 Å². The molecular formula is C62H41N5O. The standard InChI is InChI=1S/C62H41N5O/c63-61(66-62(44-24-12-4-13-25-44)65-39-41-18-6-1-7-19-41)53-38-49(48-35-46(42-20-8-2-9-21-42)34-47(36-48)43-22-10-3-11-23-43)40-64-60(53)45-30-32-56-52(37-45)59-57(68-56)33-31-55-58(59)51-28-16-17-29-54(51)67(55)50-26-14-5-15-27-50/h1-40,63H. The van der Waals surface area contributed by atoms with Gasteiger partial charge in [0.15, 0.2) is 11.7 Å². The quantitative estimate of drug-likeness (QED) is 0.122. The fourth-order valence-corrected chi connectivity index (χ4v) is 9.35. The van der Waals surface area contributed by atoms with Gasteiger partial charge < -0.3 is 8.98 Å². The van der Waals surface area contributed by atoms with Gasteiger partial charge in [0, 0.05) is 61.9 Å². The third-order valence-corrected chi connectivity index (χ3v) is 12.6. The average molecular weight is 872 g/mol. The van der Waals surface area contributed by atoms with Crippen LogP contribution < -0.4 is 0 Å². The predicted molar refractivity (Wildman–Crippen MR) is 281 cm³/mol. The molecule has 0 bridgehead atoms. The van der Waals surface area contributed by atoms with Crippen molar-refractivity contribution in [2.45, 2.75) is 0 Å². The van der Waals surface area contributed by atoms with Crippen molar-refractivity contribution in [1.29, 1.82) is 5.41 Å². The van der Waals surface area contributed by atoms with E-state index in [9.17, 15) is 5.41 Å². The van der Waals surface area contributed by atoms with E-state index in [2.05, 4.69) is 144 Å². The lowest BCUT2D eigenvalue weighted by Crippen LogP contribution is -2.07. The smallest absolute Gasteiger partial charge is 0.161 e. The second kappa shape index (κ2) is 17.3. The summed E-state index contributed by atoms with van der Waals surface area (Å²) in [4.78, 5) is 15.2. The minimum atomic E-state index is 0.0337. The number of hydrogen-bond acceptors (Lipinski definition) is 3. The lowest BCUT2D eigenvalue weighted by Gasteiger charge is -2.14. The zero-order valence-electron chi connectivity index (χ0n) is 36.8. The Labute approximate surface area is 393 Å². The molecule has 0 atom stereocenters. The number of hydrogen-bond donors (Lipinski definition) is 1. The summed E-state index contributed by atoms with van der Waals surface area (Å²) in [7, 11) is 0. The molecule has 3 aromatic heterocycles. The van der Waals surface area contributed by atoms with E-state index >= 15 is 0 Å². The van der Waals surface area contributed by atoms with E-state index in [0.717, 1.165) is 99.5 Å². The van der Waals surface area contributed by atoms with E-state index < -0.39 is 0 Å². The minimum absolute atomic E-state index is 0.0337. The molecule has 0 spiro atoms. The molecule has 3 heterocycles. The number of para-hydroxylation sites is 2. The molecule has 6 heteroatoms. The van der Waals surface area contributed by atoms with Crippen LogP contribution >= 0.6 is 0 Å². The SMILES string of the molecule is N=C(N=C(N=Cc1ccccc1)c1ccccc1)c1cc(-c2cc(-c3ccccc3)cc(-c3ccccc3)c2)cnc1-c1ccc2oc3ccc4c(c5ccccc5n4-c4ccccc4)c3c2c1. The van der Waals surface area contributed by atoms with E-state index in [4.69, 9.17) is 19.4 Å². The van der Waals surface area contributed by atoms with Crippen LogP contribution in [0.1, 0.15) is 16.7 Å². The van der Waals surface area contributed by atoms with Gasteiger partial charge in [0.25, 0.3) is 0 Å². The summed E-state index contributed by atoms with van der Waals surface area (Å²) < 4.78 is 8.95. The van der Waals surface area contributed by atoms with Gasteiger partial charge in [-0.15, -0.1) is 0 Å². The van der Waals surface area contributed by atoms with E-state index in [-0.39, 0.29) is 5.84 Å². The van der Waals surface area contributed by atoms with Crippen LogP contribution in [0, 0.1) is 5.41 Å². The van der Waals surface area contributed by atoms with Gasteiger partial charge in [0.2, 0.25) is 0 Å². The Balaban J connectivity index is 1.07. The van der Waals surface area contributed by atoms with Crippen LogP contribution in [-0.2, 0) is 0 Å². The molecule has 1 N–H and O–H groups in total. The maximum Gasteiger partial charge on any atom is 0.161 e. The van der Waals surface area contributed by atoms with Crippen LogP contribution in [0.25, 0.3) is 94.1 Å². The molecule has 0 saturated heterocycles. The molecule has 9 aromatic carbocycles. The molecule has 0 aliphatic carbocycles. The molecule has 0 aliphatic rings. The Morgan fingerprint density at radius 1 is 0.471 bits per heavy atom. The predicted octanol–water partition coefficient (Wildman–Crippen LogP) is 15.6. The Bertz CT molecular complexity index is 3840. The summed E-state index contributed by atoms with van der Waals surface area (Å²) >= 11 is 0. The number of amidine groups is 2. The Hall–Kier alpha value is -9.26. The highest BCUT2D eigenvalue weighted by Crippen LogP contribution is 2.43. The molecule has 0 amide bonds. The van der Waals surface area contributed by atoms with Crippen LogP contribution in [0.15, 0.2) is 251 Å². The zero-order valence-corrected chi connectivity index (χ0v) is 36.8. The summed E-state index contributed by atoms with van der Waals surface area (Å²) in [6.07, 6.45) is 3.71. The summed E-state index contributed by atoms with van der Waals surface area (Å²) in [6.45, 7) is 0. The molecule has 68 heavy (non-hydrogen) atoms. The summed E-state index contributed by atoms with van der Waals surface area (Å²) in [5.74, 6) is 0.452. The van der Waals surface area contributed by atoms with Crippen LogP contribution in [0.2, 0.25) is 0 Å². The van der Waals surface area contributed by atoms with Gasteiger partial charge in [-0.1, -0.05) is 158 Å². The van der Waals surface area contributed by atoms with Crippen LogP contribution in [-0.4, -0.2) is 27.4 Å². The number of pyridine rings is 1. The molecule has 6 nitrogen and oxygen atoms in total. The molecule has 0 fully saturated rings. The first-order valence-corrected chi connectivity index (χ1v) is 22.7. The fourth-order valence-electron chi connectivity index (χ4n) is 9.35. The number of benzene rings is 9. The van der Waals surface area contributed by atoms with Gasteiger partial charge in [-0.3, -0.25) is 10.4 Å². The van der Waals surface area contributed by atoms with Crippen molar-refractivity contribution in [3.63, 3.8) is 0 Å². The Morgan fingerprint density at radius 3 is 1.75 bits per heavy atom. The van der Waals surface area contributed by atoms with E-state index in [1.165, 1.54) is 0 Å². The van der Waals surface area contributed by atoms with E-state index in [1.54, 1.807) is 6.21 Å². The number of fused-ring (bicyclic) bond motifs is 7. The molecule has 0 radical (unpaired) electrons. The highest BCUT2D eigenvalue weighted by atomic mass is 16.3. The number of aromatic nitrogens is 2. The highest BCUT2D eigenvalue weighted by Gasteiger charge is 2.21. The number of aliphatic imine (C=N–C) groups is 2. The van der Waals surface area contributed by atoms with Crippen LogP contribution in [0.5, 0.6) is 0 Å². The first-order valence-electron chi connectivity index (χ1n) is 22.7. The molecule has 12 rings (SSSR count). The number of nitrogens with one attached hydrogen (secondary N) is 1. The molecule has 0 saturated carbocycles. The minimum Gasteiger partial charge on any atom is -0.456 e. The second-order valence-corrected chi connectivity index (χ2v) is 16.8. The zero-order chi connectivity index (χ0) is 45.4. The fraction of sp³-hybridized carbons (Fsp3) is 0. The van der Waals surface area contributed by atoms with Gasteiger partial charge in [0.05, 0.1) is 16.7 Å². The maximum atomic E-state index is 9.92. The molecular weight excluding hydrogens is 831 g/mol. The van der Waals surface area contributed by atoms with Crippen molar-refractivity contribution in [3.8, 4) is 50.3 Å². The normalized spacial score (nSPS) is 11.9. The molecule has 0 aliphatic heterocycles. The largest absolute Gasteiger partial charge is 0.456 e. The van der Waals surface area contributed by atoms with Gasteiger partial charge in [0.1, 0.15) is 11.2 Å². The monoisotopic (exact) mass is 871 g/mol. The maximum absolute atomic E-state index is 9.92. The third-order valence-electron chi connectivity index (χ3n) is 12.6. The van der Waals surface area contributed by atoms with Crippen molar-refractivity contribution < 1.29 is 4.42 Å². The number of rotatable bonds is 8. The first-order chi connectivity index (χ1) is 33.6. The Morgan fingerprint density at radius 2 is 1.06 bits per heavy atom. The third kappa shape index (κ3) is 7.46. The van der Waals surface area contributed by atoms with Gasteiger partial charge in [-0.2, -0.15) is 0 Å². The van der Waals surface area contributed by atoms with Gasteiger partial charge >= 0.3 is 0 Å². The van der Waals surface area contributed by atoms with E-state index in [1.807, 2.05) is 97.2 Å². The highest BCUT2D eigenvalue weighted by molar-refractivity contribution is 6.28. The summed E-state index contributed by atoms with van der Waals surface area (Å²) in [6, 6.07) is 78.8. The topological polar surface area (TPSA) is 79.5 Å². The van der Waals surface area contributed by atoms with Gasteiger partial charge in [-0.25, -0.2) is 9.98 Å². The van der Waals surface area contributed by atoms with Crippen LogP contribution in [0.4, 0.5) is 0 Å². The Kier molecular flexibility index (Phi) is 10.2. The van der Waals surface area contributed by atoms with Crippen molar-refractivity contribution in [3.05, 3.63) is 253 Å². The first kappa shape index (κ1) is 40.3. The van der Waals surface area contributed by atoms with Crippen molar-refractivity contribution in [2.24, 2.45) is 9.98 Å². The van der Waals surface area contributed by atoms with E-state index in [0.29, 0.717) is 17.1 Å². The van der Waals surface area contributed by atoms with Crippen molar-refractivity contribution >= 4 is 61.6 Å². The second-order valence-electron chi connectivity index (χ2n) is 16.8. The lowest BCUT2D eigenvalue weighted by atomic mass is 9.92. The summed E-state index contributed by atoms with van der Waals surface area (Å²) in [5.41, 5.74) is 14.8. The summed E-state index contributed by atoms with van der Waals surface area (Å²) in [5, 5.41) is 14.2. The van der Waals surface area contributed by atoms with Gasteiger partial charge in [-0.05, 0) is 106 Å². The molecule has 12 aromatic rings. The molecule has 0 unspecified atom stereocenters. The van der Waals surface area contributed by atoms with Crippen LogP contribution in [0.3, 0.4) is 0 Å². The number of nitrogens with zero attached hydrogens (tertiary/aromatic N) is 4. The lowest BCUT2D eigenvalue weighted by molar-refractivity contribution is 0.669. The molecule has 320 valence electrons.